The zero-order valence-electron chi connectivity index (χ0n) is 20.8. The normalized spacial score (nSPS) is 14.2. The molecule has 1 unspecified atom stereocenters. The highest BCUT2D eigenvalue weighted by atomic mass is 16.3. The Morgan fingerprint density at radius 3 is 2.06 bits per heavy atom. The minimum Gasteiger partial charge on any atom is -0.379 e. The van der Waals surface area contributed by atoms with Crippen LogP contribution in [-0.4, -0.2) is 41.4 Å². The van der Waals surface area contributed by atoms with Gasteiger partial charge in [0.05, 0.1) is 17.1 Å². The molecular formula is C29H38N4O. The first-order valence-electron chi connectivity index (χ1n) is 12.7. The maximum Gasteiger partial charge on any atom is 0.151 e. The number of aromatic nitrogens is 2. The molecule has 1 aromatic heterocycles. The van der Waals surface area contributed by atoms with E-state index in [0.717, 1.165) is 85.6 Å². The zero-order valence-corrected chi connectivity index (χ0v) is 20.8. The summed E-state index contributed by atoms with van der Waals surface area (Å²) in [5.74, 6) is 1.06. The first kappa shape index (κ1) is 24.4. The van der Waals surface area contributed by atoms with E-state index in [4.69, 9.17) is 9.97 Å². The number of hydrogen-bond acceptors (Lipinski definition) is 5. The molecule has 1 aliphatic rings. The molecule has 1 atom stereocenters. The molecule has 0 saturated heterocycles. The number of nitrogens with one attached hydrogen (secondary N) is 1. The Morgan fingerprint density at radius 2 is 1.44 bits per heavy atom. The van der Waals surface area contributed by atoms with Crippen molar-refractivity contribution in [2.45, 2.75) is 65.0 Å². The Hall–Kier alpha value is -2.76. The molecule has 5 heteroatoms. The summed E-state index contributed by atoms with van der Waals surface area (Å²) in [5.41, 5.74) is 7.80. The van der Waals surface area contributed by atoms with Crippen molar-refractivity contribution < 1.29 is 5.11 Å². The van der Waals surface area contributed by atoms with Gasteiger partial charge in [0.15, 0.2) is 5.82 Å². The topological polar surface area (TPSA) is 61.3 Å². The van der Waals surface area contributed by atoms with Gasteiger partial charge in [0.1, 0.15) is 6.23 Å². The number of aliphatic hydroxyl groups is 1. The highest BCUT2D eigenvalue weighted by Gasteiger charge is 2.23. The Kier molecular flexibility index (Phi) is 8.30. The Bertz CT molecular complexity index is 1060. The van der Waals surface area contributed by atoms with E-state index in [-0.39, 0.29) is 6.23 Å². The van der Waals surface area contributed by atoms with E-state index >= 15 is 0 Å². The van der Waals surface area contributed by atoms with Gasteiger partial charge in [-0.3, -0.25) is 5.32 Å². The van der Waals surface area contributed by atoms with Crippen molar-refractivity contribution >= 4 is 5.82 Å². The predicted octanol–water partition coefficient (Wildman–Crippen LogP) is 5.67. The molecule has 34 heavy (non-hydrogen) atoms. The standard InChI is InChI=1S/C29H38N4O/c1-21-11-15-23(16-12-21)27-28(24-17-13-22(2)14-18-24)32-29-25(31-27)9-8-20-33(29)19-7-5-4-6-10-26(34)30-3/h11-18,26,30,34H,4-10,19-20H2,1-3H3. The monoisotopic (exact) mass is 458 g/mol. The Balaban J connectivity index is 1.57. The summed E-state index contributed by atoms with van der Waals surface area (Å²) >= 11 is 0. The third kappa shape index (κ3) is 6.02. The molecule has 0 saturated carbocycles. The lowest BCUT2D eigenvalue weighted by Crippen LogP contribution is -2.32. The molecule has 1 aliphatic heterocycles. The molecule has 180 valence electrons. The van der Waals surface area contributed by atoms with E-state index in [1.54, 1.807) is 7.05 Å². The van der Waals surface area contributed by atoms with E-state index in [1.807, 2.05) is 0 Å². The van der Waals surface area contributed by atoms with Crippen LogP contribution in [0.15, 0.2) is 48.5 Å². The van der Waals surface area contributed by atoms with Crippen molar-refractivity contribution in [3.8, 4) is 22.5 Å². The van der Waals surface area contributed by atoms with E-state index in [0.29, 0.717) is 0 Å². The number of hydrogen-bond donors (Lipinski definition) is 2. The van der Waals surface area contributed by atoms with Gasteiger partial charge in [0.25, 0.3) is 0 Å². The first-order chi connectivity index (χ1) is 16.5. The molecule has 4 rings (SSSR count). The fourth-order valence-corrected chi connectivity index (χ4v) is 4.61. The summed E-state index contributed by atoms with van der Waals surface area (Å²) in [6, 6.07) is 17.3. The summed E-state index contributed by atoms with van der Waals surface area (Å²) in [6.07, 6.45) is 7.03. The molecule has 2 aromatic carbocycles. The number of rotatable bonds is 10. The van der Waals surface area contributed by atoms with E-state index in [2.05, 4.69) is 72.6 Å². The number of unbranched alkanes of at least 4 members (excludes halogenated alkanes) is 3. The summed E-state index contributed by atoms with van der Waals surface area (Å²) < 4.78 is 0. The van der Waals surface area contributed by atoms with Gasteiger partial charge in [-0.15, -0.1) is 0 Å². The second-order valence-electron chi connectivity index (χ2n) is 9.52. The molecule has 0 fully saturated rings. The van der Waals surface area contributed by atoms with Crippen LogP contribution in [0.25, 0.3) is 22.5 Å². The summed E-state index contributed by atoms with van der Waals surface area (Å²) in [7, 11) is 1.80. The van der Waals surface area contributed by atoms with E-state index in [1.165, 1.54) is 17.5 Å². The van der Waals surface area contributed by atoms with Gasteiger partial charge in [0.2, 0.25) is 0 Å². The number of anilines is 1. The fraction of sp³-hybridized carbons (Fsp3) is 0.448. The fourth-order valence-electron chi connectivity index (χ4n) is 4.61. The molecular weight excluding hydrogens is 420 g/mol. The van der Waals surface area contributed by atoms with Crippen molar-refractivity contribution in [2.24, 2.45) is 0 Å². The molecule has 0 spiro atoms. The number of fused-ring (bicyclic) bond motifs is 1. The average molecular weight is 459 g/mol. The zero-order chi connectivity index (χ0) is 23.9. The second-order valence-corrected chi connectivity index (χ2v) is 9.52. The maximum absolute atomic E-state index is 9.65. The van der Waals surface area contributed by atoms with Crippen molar-refractivity contribution in [1.82, 2.24) is 15.3 Å². The van der Waals surface area contributed by atoms with Crippen LogP contribution >= 0.6 is 0 Å². The van der Waals surface area contributed by atoms with Crippen molar-refractivity contribution in [1.29, 1.82) is 0 Å². The minimum absolute atomic E-state index is 0.382. The van der Waals surface area contributed by atoms with Gasteiger partial charge in [-0.25, -0.2) is 9.97 Å². The van der Waals surface area contributed by atoms with Crippen molar-refractivity contribution in [2.75, 3.05) is 25.0 Å². The van der Waals surface area contributed by atoms with Crippen LogP contribution in [0.1, 0.15) is 55.3 Å². The Morgan fingerprint density at radius 1 is 0.853 bits per heavy atom. The summed E-state index contributed by atoms with van der Waals surface area (Å²) in [6.45, 7) is 6.28. The van der Waals surface area contributed by atoms with Gasteiger partial charge in [0, 0.05) is 24.2 Å². The summed E-state index contributed by atoms with van der Waals surface area (Å²) in [4.78, 5) is 12.9. The third-order valence-corrected chi connectivity index (χ3v) is 6.73. The molecule has 0 aliphatic carbocycles. The highest BCUT2D eigenvalue weighted by Crippen LogP contribution is 2.35. The van der Waals surface area contributed by atoms with E-state index in [9.17, 15) is 5.11 Å². The molecule has 2 heterocycles. The quantitative estimate of drug-likeness (QED) is 0.303. The first-order valence-corrected chi connectivity index (χ1v) is 12.7. The lowest BCUT2D eigenvalue weighted by molar-refractivity contribution is 0.133. The molecule has 0 amide bonds. The largest absolute Gasteiger partial charge is 0.379 e. The Labute approximate surface area is 204 Å². The van der Waals surface area contributed by atoms with Crippen LogP contribution in [-0.2, 0) is 6.42 Å². The third-order valence-electron chi connectivity index (χ3n) is 6.73. The van der Waals surface area contributed by atoms with Crippen LogP contribution in [0.5, 0.6) is 0 Å². The number of nitrogens with zero attached hydrogens (tertiary/aromatic N) is 3. The van der Waals surface area contributed by atoms with Crippen molar-refractivity contribution in [3.63, 3.8) is 0 Å². The van der Waals surface area contributed by atoms with Gasteiger partial charge in [-0.2, -0.15) is 0 Å². The lowest BCUT2D eigenvalue weighted by Gasteiger charge is -2.30. The molecule has 0 bridgehead atoms. The highest BCUT2D eigenvalue weighted by molar-refractivity contribution is 5.79. The molecule has 3 aromatic rings. The maximum atomic E-state index is 9.65. The van der Waals surface area contributed by atoms with Crippen molar-refractivity contribution in [3.05, 3.63) is 65.4 Å². The number of benzene rings is 2. The smallest absolute Gasteiger partial charge is 0.151 e. The molecule has 2 N–H and O–H groups in total. The van der Waals surface area contributed by atoms with Crippen LogP contribution in [0.2, 0.25) is 0 Å². The number of aryl methyl sites for hydroxylation is 3. The van der Waals surface area contributed by atoms with Gasteiger partial charge >= 0.3 is 0 Å². The van der Waals surface area contributed by atoms with Gasteiger partial charge in [-0.1, -0.05) is 72.5 Å². The van der Waals surface area contributed by atoms with Crippen LogP contribution in [0.4, 0.5) is 5.82 Å². The van der Waals surface area contributed by atoms with E-state index < -0.39 is 0 Å². The molecule has 0 radical (unpaired) electrons. The second kappa shape index (κ2) is 11.6. The van der Waals surface area contributed by atoms with Crippen LogP contribution in [0, 0.1) is 13.8 Å². The molecule has 5 nitrogen and oxygen atoms in total. The minimum atomic E-state index is -0.382. The predicted molar refractivity (Wildman–Crippen MR) is 141 cm³/mol. The van der Waals surface area contributed by atoms with Gasteiger partial charge in [-0.05, 0) is 53.0 Å². The summed E-state index contributed by atoms with van der Waals surface area (Å²) in [5, 5.41) is 12.5. The van der Waals surface area contributed by atoms with Gasteiger partial charge < -0.3 is 10.0 Å². The van der Waals surface area contributed by atoms with Crippen LogP contribution < -0.4 is 10.2 Å². The van der Waals surface area contributed by atoms with Crippen LogP contribution in [0.3, 0.4) is 0 Å². The SMILES string of the molecule is CNC(O)CCCCCCN1CCCc2nc(-c3ccc(C)cc3)c(-c3ccc(C)cc3)nc21. The number of aliphatic hydroxyl groups excluding tert-OH is 1. The average Bonchev–Trinajstić information content (AvgIpc) is 2.86. The lowest BCUT2D eigenvalue weighted by atomic mass is 10.0.